The number of aromatic nitrogens is 6. The highest BCUT2D eigenvalue weighted by Crippen LogP contribution is 2.36. The van der Waals surface area contributed by atoms with Gasteiger partial charge < -0.3 is 9.30 Å². The maximum atomic E-state index is 6.04. The first kappa shape index (κ1) is 15.6. The molecule has 7 heteroatoms. The quantitative estimate of drug-likeness (QED) is 0.759. The second-order valence-corrected chi connectivity index (χ2v) is 7.96. The monoisotopic (exact) mass is 364 g/mol. The molecule has 0 radical (unpaired) electrons. The molecule has 2 atom stereocenters. The number of fused-ring (bicyclic) bond motifs is 3. The molecule has 3 aliphatic rings. The molecule has 1 aliphatic carbocycles. The van der Waals surface area contributed by atoms with Crippen LogP contribution < -0.4 is 0 Å². The number of H-pyrrole nitrogens is 1. The van der Waals surface area contributed by atoms with Crippen LogP contribution >= 0.6 is 0 Å². The van der Waals surface area contributed by atoms with Crippen molar-refractivity contribution in [2.45, 2.75) is 63.6 Å². The lowest BCUT2D eigenvalue weighted by Gasteiger charge is -2.29. The van der Waals surface area contributed by atoms with Crippen LogP contribution in [0, 0.1) is 0 Å². The Bertz CT molecular complexity index is 983. The third-order valence-electron chi connectivity index (χ3n) is 6.46. The van der Waals surface area contributed by atoms with Crippen LogP contribution in [0.5, 0.6) is 0 Å². The van der Waals surface area contributed by atoms with Crippen molar-refractivity contribution in [2.75, 3.05) is 6.61 Å². The van der Waals surface area contributed by atoms with Gasteiger partial charge in [0.05, 0.1) is 42.7 Å². The first-order valence-corrected chi connectivity index (χ1v) is 10.1. The molecule has 6 rings (SSSR count). The molecular formula is C20H24N6O. The SMILES string of the molecule is c1cc2n(n1)C(c1ncn3c1COCC3c1n[nH]c3c1CCCC3)CCC2. The summed E-state index contributed by atoms with van der Waals surface area (Å²) in [6.45, 7) is 1.28. The van der Waals surface area contributed by atoms with Crippen LogP contribution in [0.4, 0.5) is 0 Å². The van der Waals surface area contributed by atoms with Gasteiger partial charge in [0.25, 0.3) is 0 Å². The average Bonchev–Trinajstić information content (AvgIpc) is 3.44. The molecule has 2 aliphatic heterocycles. The zero-order valence-electron chi connectivity index (χ0n) is 15.4. The van der Waals surface area contributed by atoms with Gasteiger partial charge in [0, 0.05) is 17.6 Å². The van der Waals surface area contributed by atoms with Gasteiger partial charge in [-0.05, 0) is 56.6 Å². The highest BCUT2D eigenvalue weighted by atomic mass is 16.5. The lowest BCUT2D eigenvalue weighted by Crippen LogP contribution is -2.27. The number of hydrogen-bond acceptors (Lipinski definition) is 4. The van der Waals surface area contributed by atoms with Gasteiger partial charge in [-0.3, -0.25) is 9.78 Å². The zero-order chi connectivity index (χ0) is 17.8. The Morgan fingerprint density at radius 3 is 3.04 bits per heavy atom. The minimum Gasteiger partial charge on any atom is -0.373 e. The van der Waals surface area contributed by atoms with E-state index < -0.39 is 0 Å². The van der Waals surface area contributed by atoms with Crippen LogP contribution in [-0.4, -0.2) is 36.1 Å². The van der Waals surface area contributed by atoms with E-state index in [9.17, 15) is 0 Å². The van der Waals surface area contributed by atoms with Crippen molar-refractivity contribution in [2.24, 2.45) is 0 Å². The fourth-order valence-corrected chi connectivity index (χ4v) is 5.11. The van der Waals surface area contributed by atoms with Crippen molar-refractivity contribution in [1.82, 2.24) is 29.5 Å². The molecule has 0 aromatic carbocycles. The Hall–Kier alpha value is -2.41. The third kappa shape index (κ3) is 2.34. The number of hydrogen-bond donors (Lipinski definition) is 1. The molecule has 3 aromatic heterocycles. The van der Waals surface area contributed by atoms with E-state index in [1.165, 1.54) is 41.9 Å². The predicted molar refractivity (Wildman–Crippen MR) is 98.6 cm³/mol. The summed E-state index contributed by atoms with van der Waals surface area (Å²) in [6.07, 6.45) is 12.0. The summed E-state index contributed by atoms with van der Waals surface area (Å²) in [4.78, 5) is 4.86. The summed E-state index contributed by atoms with van der Waals surface area (Å²) < 4.78 is 10.5. The van der Waals surface area contributed by atoms with E-state index in [1.807, 2.05) is 12.5 Å². The third-order valence-corrected chi connectivity index (χ3v) is 6.46. The lowest BCUT2D eigenvalue weighted by molar-refractivity contribution is 0.0669. The summed E-state index contributed by atoms with van der Waals surface area (Å²) in [5, 5.41) is 12.6. The number of ether oxygens (including phenoxy) is 1. The van der Waals surface area contributed by atoms with E-state index in [0.717, 1.165) is 37.1 Å². The van der Waals surface area contributed by atoms with E-state index in [2.05, 4.69) is 25.5 Å². The van der Waals surface area contributed by atoms with Crippen LogP contribution in [0.1, 0.15) is 71.8 Å². The van der Waals surface area contributed by atoms with Gasteiger partial charge in [0.2, 0.25) is 0 Å². The van der Waals surface area contributed by atoms with Crippen LogP contribution in [-0.2, 0) is 30.6 Å². The molecule has 0 saturated heterocycles. The number of nitrogens with one attached hydrogen (secondary N) is 1. The molecular weight excluding hydrogens is 340 g/mol. The van der Waals surface area contributed by atoms with E-state index >= 15 is 0 Å². The van der Waals surface area contributed by atoms with Crippen molar-refractivity contribution < 1.29 is 4.74 Å². The number of nitrogens with zero attached hydrogens (tertiary/aromatic N) is 5. The molecule has 0 saturated carbocycles. The fourth-order valence-electron chi connectivity index (χ4n) is 5.11. The molecule has 5 heterocycles. The van der Waals surface area contributed by atoms with Gasteiger partial charge in [-0.25, -0.2) is 4.98 Å². The Balaban J connectivity index is 1.41. The van der Waals surface area contributed by atoms with Crippen molar-refractivity contribution in [1.29, 1.82) is 0 Å². The summed E-state index contributed by atoms with van der Waals surface area (Å²) in [5.74, 6) is 0. The molecule has 1 N–H and O–H groups in total. The fraction of sp³-hybridized carbons (Fsp3) is 0.550. The molecule has 7 nitrogen and oxygen atoms in total. The lowest BCUT2D eigenvalue weighted by atomic mass is 9.93. The Kier molecular flexibility index (Phi) is 3.50. The van der Waals surface area contributed by atoms with Crippen LogP contribution in [0.3, 0.4) is 0 Å². The average molecular weight is 364 g/mol. The minimum atomic E-state index is 0.119. The first-order valence-electron chi connectivity index (χ1n) is 10.1. The smallest absolute Gasteiger partial charge is 0.102 e. The van der Waals surface area contributed by atoms with E-state index in [4.69, 9.17) is 14.8 Å². The summed E-state index contributed by atoms with van der Waals surface area (Å²) in [5.41, 5.74) is 7.49. The summed E-state index contributed by atoms with van der Waals surface area (Å²) in [6, 6.07) is 2.47. The Morgan fingerprint density at radius 1 is 1.07 bits per heavy atom. The highest BCUT2D eigenvalue weighted by Gasteiger charge is 2.33. The van der Waals surface area contributed by atoms with E-state index in [-0.39, 0.29) is 12.1 Å². The van der Waals surface area contributed by atoms with Crippen molar-refractivity contribution in [3.05, 3.63) is 52.6 Å². The van der Waals surface area contributed by atoms with E-state index in [0.29, 0.717) is 13.2 Å². The number of aryl methyl sites for hydroxylation is 2. The zero-order valence-corrected chi connectivity index (χ0v) is 15.4. The first-order chi connectivity index (χ1) is 13.4. The highest BCUT2D eigenvalue weighted by molar-refractivity contribution is 5.33. The molecule has 27 heavy (non-hydrogen) atoms. The Morgan fingerprint density at radius 2 is 2.04 bits per heavy atom. The number of rotatable bonds is 2. The molecule has 0 spiro atoms. The molecule has 0 bridgehead atoms. The normalized spacial score (nSPS) is 24.3. The maximum Gasteiger partial charge on any atom is 0.102 e. The second kappa shape index (κ2) is 6.05. The molecule has 0 amide bonds. The minimum absolute atomic E-state index is 0.119. The van der Waals surface area contributed by atoms with Crippen LogP contribution in [0.15, 0.2) is 18.6 Å². The predicted octanol–water partition coefficient (Wildman–Crippen LogP) is 2.73. The molecule has 2 unspecified atom stereocenters. The van der Waals surface area contributed by atoms with Crippen molar-refractivity contribution in [3.8, 4) is 0 Å². The van der Waals surface area contributed by atoms with Crippen molar-refractivity contribution >= 4 is 0 Å². The van der Waals surface area contributed by atoms with E-state index in [1.54, 1.807) is 0 Å². The second-order valence-electron chi connectivity index (χ2n) is 7.96. The molecule has 3 aromatic rings. The Labute approximate surface area is 157 Å². The molecule has 140 valence electrons. The largest absolute Gasteiger partial charge is 0.373 e. The van der Waals surface area contributed by atoms with Gasteiger partial charge in [-0.2, -0.15) is 10.2 Å². The summed E-state index contributed by atoms with van der Waals surface area (Å²) in [7, 11) is 0. The van der Waals surface area contributed by atoms with Gasteiger partial charge in [0.15, 0.2) is 0 Å². The van der Waals surface area contributed by atoms with Gasteiger partial charge >= 0.3 is 0 Å². The molecule has 0 fully saturated rings. The van der Waals surface area contributed by atoms with Gasteiger partial charge in [0.1, 0.15) is 6.04 Å². The number of imidazole rings is 1. The van der Waals surface area contributed by atoms with Crippen LogP contribution in [0.25, 0.3) is 0 Å². The van der Waals surface area contributed by atoms with Gasteiger partial charge in [-0.15, -0.1) is 0 Å². The van der Waals surface area contributed by atoms with Crippen LogP contribution in [0.2, 0.25) is 0 Å². The van der Waals surface area contributed by atoms with Crippen molar-refractivity contribution in [3.63, 3.8) is 0 Å². The van der Waals surface area contributed by atoms with Gasteiger partial charge in [-0.1, -0.05) is 0 Å². The standard InChI is InChI=1S/C20H24N6O/c1-2-6-15-14(5-1)19(24-23-15)17-10-27-11-18-20(21-12-25(17)18)16-7-3-4-13-8-9-22-26(13)16/h8-9,12,16-17H,1-7,10-11H2,(H,23,24). The summed E-state index contributed by atoms with van der Waals surface area (Å²) >= 11 is 0. The number of aromatic amines is 1. The maximum absolute atomic E-state index is 6.04. The topological polar surface area (TPSA) is 73.6 Å².